The van der Waals surface area contributed by atoms with Gasteiger partial charge in [0.05, 0.1) is 0 Å². The monoisotopic (exact) mass is 442 g/mol. The number of guanidine groups is 1. The number of carbonyl (C=O) groups is 1. The maximum Gasteiger partial charge on any atom is 0.253 e. The van der Waals surface area contributed by atoms with Gasteiger partial charge >= 0.3 is 0 Å². The number of carbonyl (C=O) groups excluding carboxylic acids is 1. The first kappa shape index (κ1) is 23.1. The predicted molar refractivity (Wildman–Crippen MR) is 127 cm³/mol. The lowest BCUT2D eigenvalue weighted by Gasteiger charge is -2.26. The molecule has 2 N–H and O–H groups in total. The number of likely N-dealkylation sites (tertiary alicyclic amines) is 1. The summed E-state index contributed by atoms with van der Waals surface area (Å²) in [6.07, 6.45) is 5.41. The van der Waals surface area contributed by atoms with E-state index >= 15 is 0 Å². The minimum absolute atomic E-state index is 0.122. The lowest BCUT2D eigenvalue weighted by Crippen LogP contribution is -2.36. The number of rotatable bonds is 7. The first-order valence-electron chi connectivity index (χ1n) is 10.7. The van der Waals surface area contributed by atoms with Crippen molar-refractivity contribution in [1.82, 2.24) is 15.5 Å². The number of thioether (sulfide) groups is 1. The van der Waals surface area contributed by atoms with E-state index in [-0.39, 0.29) is 11.7 Å². The standard InChI is InChI=1S/C24H31FN4OS/c1-26-24(28-16-20-10-11-22(25)14-21(20)17-31-2)27-15-18-6-8-19(9-7-18)23(30)29-12-4-3-5-13-29/h6-11,14H,3-5,12-13,15-17H2,1-2H3,(H2,26,27,28). The van der Waals surface area contributed by atoms with Gasteiger partial charge in [-0.15, -0.1) is 0 Å². The fraction of sp³-hybridized carbons (Fsp3) is 0.417. The summed E-state index contributed by atoms with van der Waals surface area (Å²) in [5.74, 6) is 1.35. The Morgan fingerprint density at radius 1 is 1.03 bits per heavy atom. The fourth-order valence-corrected chi connectivity index (χ4v) is 4.27. The van der Waals surface area contributed by atoms with E-state index in [1.165, 1.54) is 12.5 Å². The zero-order valence-corrected chi connectivity index (χ0v) is 19.1. The third-order valence-electron chi connectivity index (χ3n) is 5.44. The number of hydrogen-bond acceptors (Lipinski definition) is 3. The van der Waals surface area contributed by atoms with Crippen molar-refractivity contribution in [2.45, 2.75) is 38.1 Å². The Morgan fingerprint density at radius 2 is 1.74 bits per heavy atom. The van der Waals surface area contributed by atoms with Crippen LogP contribution in [-0.2, 0) is 18.8 Å². The summed E-state index contributed by atoms with van der Waals surface area (Å²) in [7, 11) is 1.73. The Bertz CT molecular complexity index is 895. The number of nitrogens with one attached hydrogen (secondary N) is 2. The molecule has 1 aliphatic heterocycles. The fourth-order valence-electron chi connectivity index (χ4n) is 3.69. The predicted octanol–water partition coefficient (Wildman–Crippen LogP) is 4.18. The number of amides is 1. The van der Waals surface area contributed by atoms with Gasteiger partial charge < -0.3 is 15.5 Å². The highest BCUT2D eigenvalue weighted by atomic mass is 32.2. The van der Waals surface area contributed by atoms with Gasteiger partial charge in [0, 0.05) is 44.5 Å². The molecule has 0 radical (unpaired) electrons. The van der Waals surface area contributed by atoms with Crippen LogP contribution >= 0.6 is 11.8 Å². The SMILES string of the molecule is CN=C(NCc1ccc(C(=O)N2CCCCC2)cc1)NCc1ccc(F)cc1CSC. The van der Waals surface area contributed by atoms with Crippen molar-refractivity contribution in [2.24, 2.45) is 4.99 Å². The highest BCUT2D eigenvalue weighted by Crippen LogP contribution is 2.17. The molecule has 0 atom stereocenters. The maximum atomic E-state index is 13.5. The molecular weight excluding hydrogens is 411 g/mol. The highest BCUT2D eigenvalue weighted by molar-refractivity contribution is 7.97. The second-order valence-electron chi connectivity index (χ2n) is 7.68. The summed E-state index contributed by atoms with van der Waals surface area (Å²) < 4.78 is 13.5. The van der Waals surface area contributed by atoms with E-state index in [4.69, 9.17) is 0 Å². The molecule has 1 fully saturated rings. The van der Waals surface area contributed by atoms with Crippen LogP contribution in [0.3, 0.4) is 0 Å². The molecule has 2 aromatic carbocycles. The largest absolute Gasteiger partial charge is 0.352 e. The van der Waals surface area contributed by atoms with Crippen molar-refractivity contribution >= 4 is 23.6 Å². The van der Waals surface area contributed by atoms with Gasteiger partial charge in [-0.1, -0.05) is 18.2 Å². The van der Waals surface area contributed by atoms with Crippen LogP contribution in [0.15, 0.2) is 47.5 Å². The third-order valence-corrected chi connectivity index (χ3v) is 6.04. The molecular formula is C24H31FN4OS. The minimum atomic E-state index is -0.211. The summed E-state index contributed by atoms with van der Waals surface area (Å²) in [4.78, 5) is 18.8. The first-order chi connectivity index (χ1) is 15.1. The van der Waals surface area contributed by atoms with Crippen molar-refractivity contribution < 1.29 is 9.18 Å². The number of piperidine rings is 1. The summed E-state index contributed by atoms with van der Waals surface area (Å²) in [5, 5.41) is 6.59. The van der Waals surface area contributed by atoms with Gasteiger partial charge in [0.15, 0.2) is 5.96 Å². The smallest absolute Gasteiger partial charge is 0.253 e. The molecule has 7 heteroatoms. The van der Waals surface area contributed by atoms with E-state index in [9.17, 15) is 9.18 Å². The number of aliphatic imine (C=N–C) groups is 1. The molecule has 0 aromatic heterocycles. The average molecular weight is 443 g/mol. The molecule has 2 aromatic rings. The van der Waals surface area contributed by atoms with Gasteiger partial charge in [-0.3, -0.25) is 9.79 Å². The van der Waals surface area contributed by atoms with E-state index in [0.717, 1.165) is 53.9 Å². The van der Waals surface area contributed by atoms with Crippen LogP contribution in [0.2, 0.25) is 0 Å². The molecule has 1 aliphatic rings. The zero-order valence-electron chi connectivity index (χ0n) is 18.3. The zero-order chi connectivity index (χ0) is 22.1. The van der Waals surface area contributed by atoms with E-state index in [1.807, 2.05) is 41.5 Å². The number of nitrogens with zero attached hydrogens (tertiary/aromatic N) is 2. The third kappa shape index (κ3) is 6.72. The molecule has 5 nitrogen and oxygen atoms in total. The van der Waals surface area contributed by atoms with Gasteiger partial charge in [0.2, 0.25) is 0 Å². The molecule has 0 saturated carbocycles. The molecule has 3 rings (SSSR count). The molecule has 31 heavy (non-hydrogen) atoms. The Morgan fingerprint density at radius 3 is 2.42 bits per heavy atom. The Hall–Kier alpha value is -2.54. The van der Waals surface area contributed by atoms with Crippen LogP contribution in [0, 0.1) is 5.82 Å². The first-order valence-corrected chi connectivity index (χ1v) is 12.1. The second kappa shape index (κ2) is 11.7. The van der Waals surface area contributed by atoms with Crippen molar-refractivity contribution in [3.8, 4) is 0 Å². The summed E-state index contributed by atoms with van der Waals surface area (Å²) in [6, 6.07) is 12.7. The minimum Gasteiger partial charge on any atom is -0.352 e. The summed E-state index contributed by atoms with van der Waals surface area (Å²) >= 11 is 1.67. The van der Waals surface area contributed by atoms with Crippen LogP contribution in [0.5, 0.6) is 0 Å². The Labute approximate surface area is 188 Å². The van der Waals surface area contributed by atoms with Crippen molar-refractivity contribution in [1.29, 1.82) is 0 Å². The lowest BCUT2D eigenvalue weighted by atomic mass is 10.1. The maximum absolute atomic E-state index is 13.5. The average Bonchev–Trinajstić information content (AvgIpc) is 2.81. The number of hydrogen-bond donors (Lipinski definition) is 2. The van der Waals surface area contributed by atoms with E-state index in [1.54, 1.807) is 24.9 Å². The van der Waals surface area contributed by atoms with Gasteiger partial charge in [-0.2, -0.15) is 11.8 Å². The Kier molecular flexibility index (Phi) is 8.76. The normalized spacial score (nSPS) is 14.4. The van der Waals surface area contributed by atoms with Crippen LogP contribution < -0.4 is 10.6 Å². The molecule has 0 unspecified atom stereocenters. The number of halogens is 1. The van der Waals surface area contributed by atoms with E-state index in [2.05, 4.69) is 15.6 Å². The van der Waals surface area contributed by atoms with Crippen LogP contribution in [0.25, 0.3) is 0 Å². The molecule has 1 heterocycles. The summed E-state index contributed by atoms with van der Waals surface area (Å²) in [6.45, 7) is 2.88. The molecule has 0 aliphatic carbocycles. The summed E-state index contributed by atoms with van der Waals surface area (Å²) in [5.41, 5.74) is 3.86. The quantitative estimate of drug-likeness (QED) is 0.499. The van der Waals surface area contributed by atoms with Crippen molar-refractivity contribution in [3.05, 3.63) is 70.5 Å². The lowest BCUT2D eigenvalue weighted by molar-refractivity contribution is 0.0724. The number of benzene rings is 2. The second-order valence-corrected chi connectivity index (χ2v) is 8.54. The van der Waals surface area contributed by atoms with Crippen molar-refractivity contribution in [3.63, 3.8) is 0 Å². The van der Waals surface area contributed by atoms with E-state index in [0.29, 0.717) is 19.0 Å². The molecule has 1 saturated heterocycles. The van der Waals surface area contributed by atoms with E-state index < -0.39 is 0 Å². The van der Waals surface area contributed by atoms with Gasteiger partial charge in [0.1, 0.15) is 5.82 Å². The molecule has 1 amide bonds. The van der Waals surface area contributed by atoms with Crippen LogP contribution in [-0.4, -0.2) is 43.2 Å². The van der Waals surface area contributed by atoms with Gasteiger partial charge in [0.25, 0.3) is 5.91 Å². The topological polar surface area (TPSA) is 56.7 Å². The van der Waals surface area contributed by atoms with Crippen molar-refractivity contribution in [2.75, 3.05) is 26.4 Å². The molecule has 0 spiro atoms. The van der Waals surface area contributed by atoms with Gasteiger partial charge in [-0.25, -0.2) is 4.39 Å². The van der Waals surface area contributed by atoms with Gasteiger partial charge in [-0.05, 0) is 66.5 Å². The van der Waals surface area contributed by atoms with Crippen LogP contribution in [0.4, 0.5) is 4.39 Å². The highest BCUT2D eigenvalue weighted by Gasteiger charge is 2.17. The molecule has 166 valence electrons. The van der Waals surface area contributed by atoms with Crippen LogP contribution in [0.1, 0.15) is 46.3 Å². The molecule has 0 bridgehead atoms. The Balaban J connectivity index is 1.52.